The maximum atomic E-state index is 12.4. The number of thiophene rings is 1. The normalized spacial score (nSPS) is 12.4. The number of nitrogens with zero attached hydrogens (tertiary/aromatic N) is 1. The Balaban J connectivity index is 2.33. The van der Waals surface area contributed by atoms with Gasteiger partial charge in [0.05, 0.1) is 31.3 Å². The third-order valence-electron chi connectivity index (χ3n) is 3.12. The lowest BCUT2D eigenvalue weighted by Gasteiger charge is -2.26. The second-order valence-corrected chi connectivity index (χ2v) is 10.1. The summed E-state index contributed by atoms with van der Waals surface area (Å²) in [6.07, 6.45) is 0. The molecule has 4 nitrogen and oxygen atoms in total. The Morgan fingerprint density at radius 2 is 2.08 bits per heavy atom. The van der Waals surface area contributed by atoms with Crippen LogP contribution in [0.4, 0.5) is 11.4 Å². The van der Waals surface area contributed by atoms with Crippen LogP contribution in [0.25, 0.3) is 0 Å². The molecule has 1 aromatic heterocycles. The molecule has 2 aromatic rings. The highest BCUT2D eigenvalue weighted by atomic mass is 35.5. The van der Waals surface area contributed by atoms with Gasteiger partial charge in [-0.25, -0.2) is 4.72 Å². The number of benzene rings is 1. The topological polar surface area (TPSA) is 47.6 Å². The molecule has 2 rings (SSSR count). The number of rotatable bonds is 10. The molecule has 144 valence electrons. The summed E-state index contributed by atoms with van der Waals surface area (Å²) in [5, 5.41) is 2.87. The van der Waals surface area contributed by atoms with Crippen molar-refractivity contribution in [3.05, 3.63) is 39.7 Å². The summed E-state index contributed by atoms with van der Waals surface area (Å²) in [7, 11) is 0. The van der Waals surface area contributed by atoms with Crippen molar-refractivity contribution >= 4 is 69.2 Å². The van der Waals surface area contributed by atoms with Gasteiger partial charge >= 0.3 is 0 Å². The van der Waals surface area contributed by atoms with E-state index >= 15 is 0 Å². The lowest BCUT2D eigenvalue weighted by molar-refractivity contribution is 0.159. The van der Waals surface area contributed by atoms with Crippen LogP contribution in [0.5, 0.6) is 0 Å². The Hall–Kier alpha value is -0.280. The van der Waals surface area contributed by atoms with Gasteiger partial charge in [0.2, 0.25) is 0 Å². The molecule has 0 amide bonds. The maximum Gasteiger partial charge on any atom is 0.133 e. The van der Waals surface area contributed by atoms with E-state index < -0.39 is 11.4 Å². The number of anilines is 2. The van der Waals surface area contributed by atoms with Crippen molar-refractivity contribution in [2.45, 2.75) is 25.0 Å². The van der Waals surface area contributed by atoms with Gasteiger partial charge in [0.1, 0.15) is 18.2 Å². The zero-order valence-corrected chi connectivity index (χ0v) is 18.8. The van der Waals surface area contributed by atoms with Crippen LogP contribution in [0.2, 0.25) is 10.0 Å². The molecule has 0 bridgehead atoms. The van der Waals surface area contributed by atoms with Crippen LogP contribution in [0.15, 0.2) is 33.9 Å². The Labute approximate surface area is 176 Å². The van der Waals surface area contributed by atoms with Gasteiger partial charge in [-0.3, -0.25) is 4.31 Å². The van der Waals surface area contributed by atoms with Crippen LogP contribution in [0.1, 0.15) is 20.8 Å². The van der Waals surface area contributed by atoms with Gasteiger partial charge in [-0.1, -0.05) is 43.1 Å². The minimum atomic E-state index is -1.21. The van der Waals surface area contributed by atoms with Gasteiger partial charge in [-0.15, -0.1) is 11.3 Å². The van der Waals surface area contributed by atoms with E-state index in [-0.39, 0.29) is 0 Å². The number of halogens is 2. The molecule has 1 heterocycles. The smallest absolute Gasteiger partial charge is 0.133 e. The molecule has 0 aliphatic rings. The van der Waals surface area contributed by atoms with Crippen molar-refractivity contribution in [1.82, 2.24) is 0 Å². The molecular formula is C17H22Cl2N2O2S3. The number of hydrogen-bond donors (Lipinski definition) is 1. The highest BCUT2D eigenvalue weighted by Crippen LogP contribution is 2.40. The van der Waals surface area contributed by atoms with E-state index in [1.54, 1.807) is 35.4 Å². The highest BCUT2D eigenvalue weighted by Gasteiger charge is 2.20. The Kier molecular flexibility index (Phi) is 9.23. The van der Waals surface area contributed by atoms with Crippen LogP contribution in [-0.2, 0) is 16.1 Å². The first-order chi connectivity index (χ1) is 12.4. The predicted octanol–water partition coefficient (Wildman–Crippen LogP) is 6.29. The summed E-state index contributed by atoms with van der Waals surface area (Å²) in [4.78, 5) is 0. The molecule has 26 heavy (non-hydrogen) atoms. The zero-order valence-electron chi connectivity index (χ0n) is 14.8. The van der Waals surface area contributed by atoms with Crippen molar-refractivity contribution in [2.24, 2.45) is 5.92 Å². The van der Waals surface area contributed by atoms with Crippen molar-refractivity contribution in [1.29, 1.82) is 0 Å². The summed E-state index contributed by atoms with van der Waals surface area (Å²) >= 11 is 14.4. The summed E-state index contributed by atoms with van der Waals surface area (Å²) in [6.45, 7) is 6.96. The van der Waals surface area contributed by atoms with Gasteiger partial charge in [-0.05, 0) is 30.5 Å². The van der Waals surface area contributed by atoms with E-state index in [2.05, 4.69) is 4.72 Å². The lowest BCUT2D eigenvalue weighted by Crippen LogP contribution is -2.24. The fraction of sp³-hybridized carbons (Fsp3) is 0.412. The van der Waals surface area contributed by atoms with Gasteiger partial charge < -0.3 is 9.29 Å². The van der Waals surface area contributed by atoms with Gasteiger partial charge in [0, 0.05) is 24.5 Å². The van der Waals surface area contributed by atoms with Crippen molar-refractivity contribution in [3.63, 3.8) is 0 Å². The van der Waals surface area contributed by atoms with E-state index in [0.717, 1.165) is 9.90 Å². The third kappa shape index (κ3) is 6.71. The monoisotopic (exact) mass is 452 g/mol. The molecule has 1 atom stereocenters. The van der Waals surface area contributed by atoms with E-state index in [0.29, 0.717) is 40.7 Å². The predicted molar refractivity (Wildman–Crippen MR) is 117 cm³/mol. The molecule has 0 aliphatic carbocycles. The lowest BCUT2D eigenvalue weighted by atomic mass is 10.2. The van der Waals surface area contributed by atoms with Gasteiger partial charge in [-0.2, -0.15) is 0 Å². The molecule has 1 unspecified atom stereocenters. The van der Waals surface area contributed by atoms with Crippen molar-refractivity contribution in [2.75, 3.05) is 28.1 Å². The zero-order chi connectivity index (χ0) is 19.1. The highest BCUT2D eigenvalue weighted by molar-refractivity contribution is 8.02. The molecule has 0 aliphatic heterocycles. The summed E-state index contributed by atoms with van der Waals surface area (Å²) in [5.41, 5.74) is 1.45. The van der Waals surface area contributed by atoms with E-state index in [9.17, 15) is 4.55 Å². The molecule has 0 saturated carbocycles. The van der Waals surface area contributed by atoms with E-state index in [4.69, 9.17) is 27.9 Å². The SMILES string of the molecule is CCOCN(Sc1cccs1)c1cc(Cl)c(Cl)cc1N[S+]([O-])CC(C)C. The van der Waals surface area contributed by atoms with Gasteiger partial charge in [0.25, 0.3) is 0 Å². The number of hydrogen-bond acceptors (Lipinski definition) is 6. The quantitative estimate of drug-likeness (QED) is 0.260. The molecule has 0 radical (unpaired) electrons. The average Bonchev–Trinajstić information content (AvgIpc) is 3.07. The van der Waals surface area contributed by atoms with Gasteiger partial charge in [0.15, 0.2) is 0 Å². The van der Waals surface area contributed by atoms with Crippen LogP contribution < -0.4 is 9.03 Å². The number of nitrogens with one attached hydrogen (secondary N) is 1. The second kappa shape index (κ2) is 10.9. The Morgan fingerprint density at radius 1 is 1.35 bits per heavy atom. The molecule has 0 fully saturated rings. The Morgan fingerprint density at radius 3 is 2.69 bits per heavy atom. The second-order valence-electron chi connectivity index (χ2n) is 5.82. The molecule has 0 saturated heterocycles. The minimum Gasteiger partial charge on any atom is -0.593 e. The fourth-order valence-electron chi connectivity index (χ4n) is 2.03. The summed E-state index contributed by atoms with van der Waals surface area (Å²) in [5.74, 6) is 0.859. The fourth-order valence-corrected chi connectivity index (χ4v) is 5.24. The van der Waals surface area contributed by atoms with E-state index in [1.165, 1.54) is 0 Å². The molecule has 1 N–H and O–H groups in total. The first-order valence-corrected chi connectivity index (χ1v) is 11.8. The number of ether oxygens (including phenoxy) is 1. The average molecular weight is 453 g/mol. The first kappa shape index (κ1) is 22.0. The van der Waals surface area contributed by atoms with Crippen molar-refractivity contribution < 1.29 is 9.29 Å². The minimum absolute atomic E-state index is 0.314. The van der Waals surface area contributed by atoms with Crippen LogP contribution in [0.3, 0.4) is 0 Å². The Bertz CT molecular complexity index is 687. The molecule has 0 spiro atoms. The largest absolute Gasteiger partial charge is 0.593 e. The molecule has 9 heteroatoms. The summed E-state index contributed by atoms with van der Waals surface area (Å²) < 4.78 is 24.2. The van der Waals surface area contributed by atoms with Crippen LogP contribution >= 0.6 is 46.5 Å². The van der Waals surface area contributed by atoms with Crippen LogP contribution in [0, 0.1) is 5.92 Å². The van der Waals surface area contributed by atoms with E-state index in [1.807, 2.05) is 42.6 Å². The third-order valence-corrected chi connectivity index (χ3v) is 7.28. The maximum absolute atomic E-state index is 12.4. The molecule has 1 aromatic carbocycles. The standard InChI is InChI=1S/C17H22Cl2N2O2S3/c1-4-23-11-21(25-17-6-5-7-24-17)16-9-14(19)13(18)8-15(16)20-26(22)10-12(2)3/h5-9,12,20H,4,10-11H2,1-3H3. The summed E-state index contributed by atoms with van der Waals surface area (Å²) in [6, 6.07) is 7.52. The van der Waals surface area contributed by atoms with Crippen LogP contribution in [-0.4, -0.2) is 23.6 Å². The first-order valence-electron chi connectivity index (χ1n) is 8.11. The molecular weight excluding hydrogens is 431 g/mol. The van der Waals surface area contributed by atoms with Crippen molar-refractivity contribution in [3.8, 4) is 0 Å².